The first-order chi connectivity index (χ1) is 15.4. The first-order valence-corrected chi connectivity index (χ1v) is 10.8. The highest BCUT2D eigenvalue weighted by molar-refractivity contribution is 7.14. The summed E-state index contributed by atoms with van der Waals surface area (Å²) in [6.45, 7) is 6.35. The zero-order valence-electron chi connectivity index (χ0n) is 17.7. The van der Waals surface area contributed by atoms with Crippen molar-refractivity contribution in [1.29, 1.82) is 5.26 Å². The Kier molecular flexibility index (Phi) is 4.72. The summed E-state index contributed by atoms with van der Waals surface area (Å²) >= 11 is 1.56. The fraction of sp³-hybridized carbons (Fsp3) is 0.174. The van der Waals surface area contributed by atoms with Gasteiger partial charge in [-0.1, -0.05) is 32.1 Å². The third kappa shape index (κ3) is 3.61. The number of fused-ring (bicyclic) bond motifs is 1. The standard InChI is InChI=1S/C23H19N7OS/c1-23(2,3)22-29-28-21(32-22)17-12-25-19(9-18(17)27-15-6-7-31-13-15)20-5-4-16-8-14(10-24)11-26-30(16)20/h4-9,11-13H,1-3H3,(H,25,27). The molecule has 0 aliphatic heterocycles. The molecule has 0 aliphatic rings. The van der Waals surface area contributed by atoms with Crippen LogP contribution in [-0.4, -0.2) is 24.8 Å². The largest absolute Gasteiger partial charge is 0.470 e. The highest BCUT2D eigenvalue weighted by Crippen LogP contribution is 2.37. The number of aromatic nitrogens is 5. The number of nitrogens with zero attached hydrogens (tertiary/aromatic N) is 6. The van der Waals surface area contributed by atoms with Crippen molar-refractivity contribution in [1.82, 2.24) is 24.8 Å². The topological polar surface area (TPSA) is 105 Å². The summed E-state index contributed by atoms with van der Waals surface area (Å²) in [5.74, 6) is 0. The van der Waals surface area contributed by atoms with Crippen LogP contribution in [0.3, 0.4) is 0 Å². The van der Waals surface area contributed by atoms with Crippen LogP contribution in [0.4, 0.5) is 11.4 Å². The maximum absolute atomic E-state index is 9.13. The monoisotopic (exact) mass is 441 g/mol. The second-order valence-corrected chi connectivity index (χ2v) is 9.30. The minimum Gasteiger partial charge on any atom is -0.470 e. The molecule has 0 saturated carbocycles. The van der Waals surface area contributed by atoms with Gasteiger partial charge in [-0.05, 0) is 30.3 Å². The van der Waals surface area contributed by atoms with E-state index in [1.165, 1.54) is 0 Å². The number of anilines is 2. The predicted octanol–water partition coefficient (Wildman–Crippen LogP) is 5.42. The Bertz CT molecular complexity index is 1450. The summed E-state index contributed by atoms with van der Waals surface area (Å²) in [6.07, 6.45) is 6.60. The van der Waals surface area contributed by atoms with Crippen LogP contribution in [0, 0.1) is 11.3 Å². The zero-order chi connectivity index (χ0) is 22.3. The third-order valence-electron chi connectivity index (χ3n) is 4.89. The van der Waals surface area contributed by atoms with Gasteiger partial charge in [0.05, 0.1) is 51.9 Å². The fourth-order valence-corrected chi connectivity index (χ4v) is 4.18. The average molecular weight is 442 g/mol. The molecule has 0 amide bonds. The molecule has 32 heavy (non-hydrogen) atoms. The van der Waals surface area contributed by atoms with Crippen LogP contribution in [0.15, 0.2) is 59.7 Å². The number of nitrogens with one attached hydrogen (secondary N) is 1. The van der Waals surface area contributed by atoms with E-state index in [2.05, 4.69) is 47.5 Å². The van der Waals surface area contributed by atoms with E-state index in [-0.39, 0.29) is 5.41 Å². The van der Waals surface area contributed by atoms with Gasteiger partial charge in [-0.15, -0.1) is 10.2 Å². The predicted molar refractivity (Wildman–Crippen MR) is 123 cm³/mol. The van der Waals surface area contributed by atoms with Crippen molar-refractivity contribution in [2.75, 3.05) is 5.32 Å². The average Bonchev–Trinajstić information content (AvgIpc) is 3.53. The molecule has 0 fully saturated rings. The number of pyridine rings is 1. The Morgan fingerprint density at radius 1 is 1.12 bits per heavy atom. The summed E-state index contributed by atoms with van der Waals surface area (Å²) < 4.78 is 6.99. The van der Waals surface area contributed by atoms with Gasteiger partial charge in [0.2, 0.25) is 0 Å². The van der Waals surface area contributed by atoms with Gasteiger partial charge in [-0.3, -0.25) is 4.98 Å². The molecule has 0 radical (unpaired) electrons. The molecule has 0 atom stereocenters. The highest BCUT2D eigenvalue weighted by Gasteiger charge is 2.22. The fourth-order valence-electron chi connectivity index (χ4n) is 3.25. The quantitative estimate of drug-likeness (QED) is 0.397. The van der Waals surface area contributed by atoms with Gasteiger partial charge in [0.15, 0.2) is 5.01 Å². The Morgan fingerprint density at radius 3 is 2.72 bits per heavy atom. The molecule has 5 aromatic rings. The van der Waals surface area contributed by atoms with Gasteiger partial charge in [-0.25, -0.2) is 4.52 Å². The van der Waals surface area contributed by atoms with Crippen molar-refractivity contribution in [3.63, 3.8) is 0 Å². The van der Waals surface area contributed by atoms with Crippen molar-refractivity contribution in [3.05, 3.63) is 65.8 Å². The van der Waals surface area contributed by atoms with Gasteiger partial charge >= 0.3 is 0 Å². The summed E-state index contributed by atoms with van der Waals surface area (Å²) in [4.78, 5) is 4.70. The molecule has 5 rings (SSSR count). The maximum atomic E-state index is 9.13. The Hall–Kier alpha value is -4.03. The molecule has 0 unspecified atom stereocenters. The van der Waals surface area contributed by atoms with Crippen LogP contribution in [0.5, 0.6) is 0 Å². The lowest BCUT2D eigenvalue weighted by Crippen LogP contribution is -2.10. The van der Waals surface area contributed by atoms with Crippen LogP contribution in [0.1, 0.15) is 31.3 Å². The van der Waals surface area contributed by atoms with Crippen molar-refractivity contribution in [2.24, 2.45) is 0 Å². The Morgan fingerprint density at radius 2 is 2.00 bits per heavy atom. The lowest BCUT2D eigenvalue weighted by molar-refractivity contribution is 0.568. The number of hydrogen-bond donors (Lipinski definition) is 1. The SMILES string of the molecule is CC(C)(C)c1nnc(-c2cnc(-c3ccc4cc(C#N)cnn34)cc2Nc2ccoc2)s1. The maximum Gasteiger partial charge on any atom is 0.151 e. The van der Waals surface area contributed by atoms with Crippen molar-refractivity contribution < 1.29 is 4.42 Å². The highest BCUT2D eigenvalue weighted by atomic mass is 32.1. The van der Waals surface area contributed by atoms with E-state index in [1.807, 2.05) is 24.3 Å². The van der Waals surface area contributed by atoms with Gasteiger partial charge in [0.1, 0.15) is 17.3 Å². The van der Waals surface area contributed by atoms with E-state index in [0.29, 0.717) is 5.56 Å². The van der Waals surface area contributed by atoms with Crippen LogP contribution >= 0.6 is 11.3 Å². The third-order valence-corrected chi connectivity index (χ3v) is 6.28. The van der Waals surface area contributed by atoms with Crippen LogP contribution in [0.25, 0.3) is 27.5 Å². The molecule has 1 N–H and O–H groups in total. The van der Waals surface area contributed by atoms with Crippen molar-refractivity contribution in [2.45, 2.75) is 26.2 Å². The summed E-state index contributed by atoms with van der Waals surface area (Å²) in [5, 5.41) is 27.5. The molecule has 0 aromatic carbocycles. The smallest absolute Gasteiger partial charge is 0.151 e. The van der Waals surface area contributed by atoms with Crippen LogP contribution in [-0.2, 0) is 5.41 Å². The molecule has 0 aliphatic carbocycles. The number of nitriles is 1. The number of furan rings is 1. The zero-order valence-corrected chi connectivity index (χ0v) is 18.5. The lowest BCUT2D eigenvalue weighted by atomic mass is 9.98. The number of hydrogen-bond acceptors (Lipinski definition) is 8. The summed E-state index contributed by atoms with van der Waals surface area (Å²) in [6, 6.07) is 11.6. The van der Waals surface area contributed by atoms with E-state index in [4.69, 9.17) is 14.7 Å². The minimum atomic E-state index is -0.0831. The molecule has 9 heteroatoms. The summed E-state index contributed by atoms with van der Waals surface area (Å²) in [5.41, 5.74) is 5.31. The molecule has 0 spiro atoms. The normalized spacial score (nSPS) is 11.6. The van der Waals surface area contributed by atoms with Gasteiger partial charge in [0, 0.05) is 11.6 Å². The molecule has 0 bridgehead atoms. The molecule has 8 nitrogen and oxygen atoms in total. The first-order valence-electron chi connectivity index (χ1n) is 9.94. The van der Waals surface area contributed by atoms with Crippen molar-refractivity contribution in [3.8, 4) is 28.0 Å². The van der Waals surface area contributed by atoms with E-state index in [9.17, 15) is 0 Å². The van der Waals surface area contributed by atoms with E-state index < -0.39 is 0 Å². The van der Waals surface area contributed by atoms with Gasteiger partial charge in [-0.2, -0.15) is 10.4 Å². The lowest BCUT2D eigenvalue weighted by Gasteiger charge is -2.13. The van der Waals surface area contributed by atoms with Crippen LogP contribution < -0.4 is 5.32 Å². The molecule has 5 heterocycles. The molecule has 0 saturated heterocycles. The second kappa shape index (κ2) is 7.59. The summed E-state index contributed by atoms with van der Waals surface area (Å²) in [7, 11) is 0. The molecule has 158 valence electrons. The Labute approximate surface area is 188 Å². The molecular formula is C23H19N7OS. The van der Waals surface area contributed by atoms with E-state index in [0.717, 1.165) is 43.9 Å². The van der Waals surface area contributed by atoms with E-state index in [1.54, 1.807) is 46.8 Å². The minimum absolute atomic E-state index is 0.0831. The molecule has 5 aromatic heterocycles. The molecular weight excluding hydrogens is 422 g/mol. The van der Waals surface area contributed by atoms with Gasteiger partial charge < -0.3 is 9.73 Å². The first kappa shape index (κ1) is 19.9. The van der Waals surface area contributed by atoms with Gasteiger partial charge in [0.25, 0.3) is 0 Å². The Balaban J connectivity index is 1.62. The van der Waals surface area contributed by atoms with Crippen molar-refractivity contribution >= 4 is 28.2 Å². The number of rotatable bonds is 4. The van der Waals surface area contributed by atoms with Crippen LogP contribution in [0.2, 0.25) is 0 Å². The van der Waals surface area contributed by atoms with E-state index >= 15 is 0 Å². The second-order valence-electron chi connectivity index (χ2n) is 8.33.